The average molecular weight is 338 g/mol. The number of fused-ring (bicyclic) bond motifs is 1. The zero-order valence-corrected chi connectivity index (χ0v) is 13.5. The predicted octanol–water partition coefficient (Wildman–Crippen LogP) is 2.92. The summed E-state index contributed by atoms with van der Waals surface area (Å²) in [5, 5.41) is 4.59. The minimum atomic E-state index is -0.473. The first-order valence-corrected chi connectivity index (χ1v) is 7.80. The van der Waals surface area contributed by atoms with E-state index >= 15 is 0 Å². The fraction of sp³-hybridized carbons (Fsp3) is 0.375. The molecule has 0 spiro atoms. The number of hydrogen-bond acceptors (Lipinski definition) is 3. The van der Waals surface area contributed by atoms with Crippen LogP contribution >= 0.6 is 11.6 Å². The van der Waals surface area contributed by atoms with Crippen molar-refractivity contribution in [3.63, 3.8) is 0 Å². The highest BCUT2D eigenvalue weighted by molar-refractivity contribution is 6.30. The molecule has 2 heterocycles. The fourth-order valence-corrected chi connectivity index (χ4v) is 3.01. The molecular weight excluding hydrogens is 321 g/mol. The van der Waals surface area contributed by atoms with Crippen LogP contribution in [0.4, 0.5) is 10.1 Å². The van der Waals surface area contributed by atoms with Gasteiger partial charge in [-0.25, -0.2) is 4.39 Å². The highest BCUT2D eigenvalue weighted by Crippen LogP contribution is 2.33. The standard InChI is InChI=1S/C16H17ClFN3O2/c1-23-8-7-20-6-4-14(19-20)16(22)21-5-2-3-11-9-12(17)10-13(18)15(11)21/h4,6,9-10H,2-3,5,7-8H2,1H3. The van der Waals surface area contributed by atoms with Gasteiger partial charge in [-0.05, 0) is 36.6 Å². The molecule has 0 saturated carbocycles. The summed E-state index contributed by atoms with van der Waals surface area (Å²) < 4.78 is 20.9. The van der Waals surface area contributed by atoms with Crippen molar-refractivity contribution < 1.29 is 13.9 Å². The van der Waals surface area contributed by atoms with Crippen LogP contribution in [0.15, 0.2) is 24.4 Å². The van der Waals surface area contributed by atoms with Gasteiger partial charge in [-0.2, -0.15) is 5.10 Å². The van der Waals surface area contributed by atoms with Crippen LogP contribution in [0.25, 0.3) is 0 Å². The maximum Gasteiger partial charge on any atom is 0.278 e. The van der Waals surface area contributed by atoms with Gasteiger partial charge in [-0.1, -0.05) is 11.6 Å². The number of halogens is 2. The first-order chi connectivity index (χ1) is 11.1. The normalized spacial score (nSPS) is 14.0. The Morgan fingerprint density at radius 1 is 1.48 bits per heavy atom. The van der Waals surface area contributed by atoms with Crippen LogP contribution in [0.2, 0.25) is 5.02 Å². The van der Waals surface area contributed by atoms with Crippen LogP contribution in [-0.2, 0) is 17.7 Å². The lowest BCUT2D eigenvalue weighted by Crippen LogP contribution is -2.36. The summed E-state index contributed by atoms with van der Waals surface area (Å²) in [4.78, 5) is 14.2. The number of hydrogen-bond donors (Lipinski definition) is 0. The second kappa shape index (κ2) is 6.68. The number of rotatable bonds is 4. The zero-order chi connectivity index (χ0) is 16.4. The lowest BCUT2D eigenvalue weighted by atomic mass is 10.0. The SMILES string of the molecule is COCCn1ccc(C(=O)N2CCCc3cc(Cl)cc(F)c32)n1. The first-order valence-electron chi connectivity index (χ1n) is 7.42. The zero-order valence-electron chi connectivity index (χ0n) is 12.8. The Morgan fingerprint density at radius 2 is 2.30 bits per heavy atom. The van der Waals surface area contributed by atoms with E-state index < -0.39 is 5.82 Å². The van der Waals surface area contributed by atoms with Gasteiger partial charge in [0.25, 0.3) is 5.91 Å². The number of aromatic nitrogens is 2. The summed E-state index contributed by atoms with van der Waals surface area (Å²) >= 11 is 5.91. The van der Waals surface area contributed by atoms with Crippen LogP contribution in [-0.4, -0.2) is 35.9 Å². The molecule has 0 unspecified atom stereocenters. The maximum atomic E-state index is 14.3. The number of methoxy groups -OCH3 is 1. The number of benzene rings is 1. The molecule has 0 N–H and O–H groups in total. The number of carbonyl (C=O) groups excluding carboxylic acids is 1. The van der Waals surface area contributed by atoms with Gasteiger partial charge in [0, 0.05) is 24.9 Å². The molecule has 3 rings (SSSR count). The summed E-state index contributed by atoms with van der Waals surface area (Å²) in [6, 6.07) is 4.60. The molecule has 0 saturated heterocycles. The van der Waals surface area contributed by atoms with E-state index in [9.17, 15) is 9.18 Å². The molecular formula is C16H17ClFN3O2. The largest absolute Gasteiger partial charge is 0.383 e. The Hall–Kier alpha value is -1.92. The number of anilines is 1. The Balaban J connectivity index is 1.88. The summed E-state index contributed by atoms with van der Waals surface area (Å²) in [5.41, 5.74) is 1.37. The molecule has 2 aromatic rings. The van der Waals surface area contributed by atoms with Crippen LogP contribution in [0.3, 0.4) is 0 Å². The highest BCUT2D eigenvalue weighted by atomic mass is 35.5. The molecule has 0 bridgehead atoms. The van der Waals surface area contributed by atoms with Crippen LogP contribution in [0.5, 0.6) is 0 Å². The third-order valence-electron chi connectivity index (χ3n) is 3.83. The smallest absolute Gasteiger partial charge is 0.278 e. The minimum Gasteiger partial charge on any atom is -0.383 e. The van der Waals surface area contributed by atoms with Gasteiger partial charge in [0.1, 0.15) is 5.82 Å². The van der Waals surface area contributed by atoms with E-state index in [0.29, 0.717) is 42.5 Å². The lowest BCUT2D eigenvalue weighted by molar-refractivity contribution is 0.0978. The van der Waals surface area contributed by atoms with E-state index in [2.05, 4.69) is 5.10 Å². The molecule has 1 aromatic carbocycles. The van der Waals surface area contributed by atoms with E-state index in [-0.39, 0.29) is 5.91 Å². The van der Waals surface area contributed by atoms with Crippen molar-refractivity contribution >= 4 is 23.2 Å². The Labute approximate surface area is 138 Å². The summed E-state index contributed by atoms with van der Waals surface area (Å²) in [5.74, 6) is -0.775. The van der Waals surface area contributed by atoms with Gasteiger partial charge in [0.2, 0.25) is 0 Å². The van der Waals surface area contributed by atoms with Crippen molar-refractivity contribution in [1.82, 2.24) is 9.78 Å². The summed E-state index contributed by atoms with van der Waals surface area (Å²) in [6.45, 7) is 1.54. The van der Waals surface area contributed by atoms with E-state index in [4.69, 9.17) is 16.3 Å². The van der Waals surface area contributed by atoms with Crippen LogP contribution in [0.1, 0.15) is 22.5 Å². The molecule has 1 amide bonds. The molecule has 5 nitrogen and oxygen atoms in total. The number of amides is 1. The van der Waals surface area contributed by atoms with Gasteiger partial charge >= 0.3 is 0 Å². The Bertz CT molecular complexity index is 732. The van der Waals surface area contributed by atoms with Gasteiger partial charge < -0.3 is 9.64 Å². The molecule has 1 aliphatic heterocycles. The number of aryl methyl sites for hydroxylation is 1. The number of nitrogens with zero attached hydrogens (tertiary/aromatic N) is 3. The molecule has 0 fully saturated rings. The van der Waals surface area contributed by atoms with Gasteiger partial charge in [-0.15, -0.1) is 0 Å². The Morgan fingerprint density at radius 3 is 3.09 bits per heavy atom. The van der Waals surface area contributed by atoms with Crippen molar-refractivity contribution in [1.29, 1.82) is 0 Å². The number of ether oxygens (including phenoxy) is 1. The molecule has 1 aliphatic rings. The number of carbonyl (C=O) groups is 1. The molecule has 122 valence electrons. The van der Waals surface area contributed by atoms with Crippen molar-refractivity contribution in [3.8, 4) is 0 Å². The molecule has 0 atom stereocenters. The van der Waals surface area contributed by atoms with E-state index in [0.717, 1.165) is 12.0 Å². The predicted molar refractivity (Wildman–Crippen MR) is 85.5 cm³/mol. The summed E-state index contributed by atoms with van der Waals surface area (Å²) in [6.07, 6.45) is 3.19. The molecule has 0 radical (unpaired) electrons. The molecule has 23 heavy (non-hydrogen) atoms. The van der Waals surface area contributed by atoms with E-state index in [1.165, 1.54) is 11.0 Å². The van der Waals surface area contributed by atoms with Gasteiger partial charge in [0.15, 0.2) is 5.69 Å². The van der Waals surface area contributed by atoms with Crippen LogP contribution in [0, 0.1) is 5.82 Å². The lowest BCUT2D eigenvalue weighted by Gasteiger charge is -2.29. The van der Waals surface area contributed by atoms with Crippen molar-refractivity contribution in [2.45, 2.75) is 19.4 Å². The molecule has 1 aromatic heterocycles. The average Bonchev–Trinajstić information content (AvgIpc) is 3.00. The quantitative estimate of drug-likeness (QED) is 0.862. The van der Waals surface area contributed by atoms with Gasteiger partial charge in [0.05, 0.1) is 18.8 Å². The third kappa shape index (κ3) is 3.23. The van der Waals surface area contributed by atoms with E-state index in [1.807, 2.05) is 0 Å². The molecule has 7 heteroatoms. The van der Waals surface area contributed by atoms with Crippen molar-refractivity contribution in [2.24, 2.45) is 0 Å². The first kappa shape index (κ1) is 16.0. The second-order valence-electron chi connectivity index (χ2n) is 5.41. The highest BCUT2D eigenvalue weighted by Gasteiger charge is 2.28. The van der Waals surface area contributed by atoms with E-state index in [1.54, 1.807) is 30.1 Å². The second-order valence-corrected chi connectivity index (χ2v) is 5.85. The Kier molecular flexibility index (Phi) is 4.63. The maximum absolute atomic E-state index is 14.3. The monoisotopic (exact) mass is 337 g/mol. The fourth-order valence-electron chi connectivity index (χ4n) is 2.78. The topological polar surface area (TPSA) is 47.4 Å². The molecule has 0 aliphatic carbocycles. The minimum absolute atomic E-state index is 0.295. The van der Waals surface area contributed by atoms with Gasteiger partial charge in [-0.3, -0.25) is 9.48 Å². The van der Waals surface area contributed by atoms with Crippen LogP contribution < -0.4 is 4.90 Å². The summed E-state index contributed by atoms with van der Waals surface area (Å²) in [7, 11) is 1.61. The third-order valence-corrected chi connectivity index (χ3v) is 4.05. The van der Waals surface area contributed by atoms with Crippen molar-refractivity contribution in [2.75, 3.05) is 25.2 Å². The van der Waals surface area contributed by atoms with Crippen molar-refractivity contribution in [3.05, 3.63) is 46.5 Å².